The summed E-state index contributed by atoms with van der Waals surface area (Å²) >= 11 is 0. The molecule has 0 N–H and O–H groups in total. The minimum absolute atomic E-state index is 0.266. The Labute approximate surface area is 178 Å². The fraction of sp³-hybridized carbons (Fsp3) is 0.917. The van der Waals surface area contributed by atoms with Crippen molar-refractivity contribution >= 4 is 12.1 Å². The lowest BCUT2D eigenvalue weighted by Gasteiger charge is -2.22. The summed E-state index contributed by atoms with van der Waals surface area (Å²) in [5.74, 6) is -0.266. The number of unbranched alkanes of at least 4 members (excludes halogenated alkanes) is 12. The largest absolute Gasteiger partial charge is 0.464 e. The summed E-state index contributed by atoms with van der Waals surface area (Å²) in [6, 6.07) is -0.457. The Morgan fingerprint density at radius 2 is 1.24 bits per heavy atom. The van der Waals surface area contributed by atoms with E-state index >= 15 is 0 Å². The SMILES string of the molecule is CCCCCCCCCCCCCCOC(=O)C1CCCN1C(=O)OCCCC. The molecule has 1 atom stereocenters. The maximum absolute atomic E-state index is 12.3. The van der Waals surface area contributed by atoms with Crippen LogP contribution < -0.4 is 0 Å². The van der Waals surface area contributed by atoms with Crippen LogP contribution in [0.3, 0.4) is 0 Å². The van der Waals surface area contributed by atoms with Crippen molar-refractivity contribution in [2.24, 2.45) is 0 Å². The zero-order chi connectivity index (χ0) is 21.2. The minimum Gasteiger partial charge on any atom is -0.464 e. The Bertz CT molecular complexity index is 427. The molecule has 0 aromatic heterocycles. The Hall–Kier alpha value is -1.26. The highest BCUT2D eigenvalue weighted by molar-refractivity contribution is 5.82. The molecule has 1 fully saturated rings. The van der Waals surface area contributed by atoms with Crippen molar-refractivity contribution in [3.63, 3.8) is 0 Å². The van der Waals surface area contributed by atoms with E-state index in [9.17, 15) is 9.59 Å². The van der Waals surface area contributed by atoms with Crippen molar-refractivity contribution < 1.29 is 19.1 Å². The van der Waals surface area contributed by atoms with Gasteiger partial charge >= 0.3 is 12.1 Å². The number of likely N-dealkylation sites (tertiary alicyclic amines) is 1. The molecule has 29 heavy (non-hydrogen) atoms. The molecule has 5 heteroatoms. The first-order chi connectivity index (χ1) is 14.2. The van der Waals surface area contributed by atoms with Gasteiger partial charge in [-0.15, -0.1) is 0 Å². The average molecular weight is 412 g/mol. The molecule has 1 rings (SSSR count). The number of carbonyl (C=O) groups is 2. The van der Waals surface area contributed by atoms with Gasteiger partial charge in [0.05, 0.1) is 13.2 Å². The molecule has 0 spiro atoms. The normalized spacial score (nSPS) is 16.2. The molecule has 0 bridgehead atoms. The molecule has 1 unspecified atom stereocenters. The van der Waals surface area contributed by atoms with Crippen LogP contribution in [0, 0.1) is 0 Å². The topological polar surface area (TPSA) is 55.8 Å². The van der Waals surface area contributed by atoms with E-state index in [4.69, 9.17) is 9.47 Å². The van der Waals surface area contributed by atoms with Crippen LogP contribution >= 0.6 is 0 Å². The van der Waals surface area contributed by atoms with Gasteiger partial charge in [0, 0.05) is 6.54 Å². The van der Waals surface area contributed by atoms with Gasteiger partial charge in [-0.05, 0) is 25.7 Å². The van der Waals surface area contributed by atoms with Gasteiger partial charge in [0.25, 0.3) is 0 Å². The van der Waals surface area contributed by atoms with E-state index in [-0.39, 0.29) is 12.1 Å². The third-order valence-electron chi connectivity index (χ3n) is 5.73. The van der Waals surface area contributed by atoms with Gasteiger partial charge < -0.3 is 9.47 Å². The molecule has 1 aliphatic rings. The van der Waals surface area contributed by atoms with Crippen LogP contribution in [0.2, 0.25) is 0 Å². The van der Waals surface area contributed by atoms with Crippen LogP contribution in [0.1, 0.15) is 117 Å². The predicted molar refractivity (Wildman–Crippen MR) is 118 cm³/mol. The lowest BCUT2D eigenvalue weighted by molar-refractivity contribution is -0.148. The van der Waals surface area contributed by atoms with Crippen LogP contribution in [-0.4, -0.2) is 42.8 Å². The second-order valence-electron chi connectivity index (χ2n) is 8.38. The third kappa shape index (κ3) is 12.1. The number of carbonyl (C=O) groups excluding carboxylic acids is 2. The summed E-state index contributed by atoms with van der Waals surface area (Å²) in [7, 11) is 0. The summed E-state index contributed by atoms with van der Waals surface area (Å²) in [6.45, 7) is 5.79. The van der Waals surface area contributed by atoms with Crippen molar-refractivity contribution in [2.75, 3.05) is 19.8 Å². The number of amides is 1. The van der Waals surface area contributed by atoms with Crippen LogP contribution in [0.5, 0.6) is 0 Å². The third-order valence-corrected chi connectivity index (χ3v) is 5.73. The summed E-state index contributed by atoms with van der Waals surface area (Å²) in [5.41, 5.74) is 0. The highest BCUT2D eigenvalue weighted by Gasteiger charge is 2.36. The van der Waals surface area contributed by atoms with Crippen molar-refractivity contribution in [1.82, 2.24) is 4.90 Å². The maximum Gasteiger partial charge on any atom is 0.410 e. The monoisotopic (exact) mass is 411 g/mol. The number of hydrogen-bond donors (Lipinski definition) is 0. The fourth-order valence-electron chi connectivity index (χ4n) is 3.83. The van der Waals surface area contributed by atoms with Gasteiger partial charge in [0.2, 0.25) is 0 Å². The molecule has 0 aromatic carbocycles. The molecule has 1 amide bonds. The van der Waals surface area contributed by atoms with Gasteiger partial charge in [0.15, 0.2) is 0 Å². The van der Waals surface area contributed by atoms with Crippen LogP contribution in [0.25, 0.3) is 0 Å². The first kappa shape index (κ1) is 25.8. The van der Waals surface area contributed by atoms with Crippen molar-refractivity contribution in [3.8, 4) is 0 Å². The predicted octanol–water partition coefficient (Wildman–Crippen LogP) is 6.63. The zero-order valence-corrected chi connectivity index (χ0v) is 19.1. The second kappa shape index (κ2) is 17.6. The molecule has 1 saturated heterocycles. The number of rotatable bonds is 17. The Morgan fingerprint density at radius 3 is 1.83 bits per heavy atom. The molecular formula is C24H45NO4. The Balaban J connectivity index is 1.99. The molecule has 0 radical (unpaired) electrons. The van der Waals surface area contributed by atoms with E-state index in [0.29, 0.717) is 26.2 Å². The van der Waals surface area contributed by atoms with E-state index in [1.165, 1.54) is 64.2 Å². The lowest BCUT2D eigenvalue weighted by Crippen LogP contribution is -2.41. The standard InChI is InChI=1S/C24H45NO4/c1-3-5-7-8-9-10-11-12-13-14-15-16-21-28-23(26)22-18-17-19-25(22)24(27)29-20-6-4-2/h22H,3-21H2,1-2H3. The van der Waals surface area contributed by atoms with Crippen LogP contribution in [0.15, 0.2) is 0 Å². The van der Waals surface area contributed by atoms with E-state index < -0.39 is 6.04 Å². The molecule has 0 saturated carbocycles. The summed E-state index contributed by atoms with van der Waals surface area (Å²) in [5, 5.41) is 0. The van der Waals surface area contributed by atoms with Crippen molar-refractivity contribution in [3.05, 3.63) is 0 Å². The van der Waals surface area contributed by atoms with E-state index in [0.717, 1.165) is 32.1 Å². The molecule has 0 aliphatic carbocycles. The second-order valence-corrected chi connectivity index (χ2v) is 8.38. The Kier molecular flexibility index (Phi) is 15.6. The van der Waals surface area contributed by atoms with Gasteiger partial charge in [-0.1, -0.05) is 90.9 Å². The molecular weight excluding hydrogens is 366 g/mol. The van der Waals surface area contributed by atoms with Gasteiger partial charge in [-0.2, -0.15) is 0 Å². The first-order valence-electron chi connectivity index (χ1n) is 12.3. The first-order valence-corrected chi connectivity index (χ1v) is 12.3. The molecule has 1 heterocycles. The van der Waals surface area contributed by atoms with E-state index in [1.807, 2.05) is 0 Å². The number of ether oxygens (including phenoxy) is 2. The highest BCUT2D eigenvalue weighted by Crippen LogP contribution is 2.20. The number of nitrogens with zero attached hydrogens (tertiary/aromatic N) is 1. The summed E-state index contributed by atoms with van der Waals surface area (Å²) in [6.07, 6.45) is 18.4. The zero-order valence-electron chi connectivity index (χ0n) is 19.1. The van der Waals surface area contributed by atoms with Gasteiger partial charge in [-0.3, -0.25) is 4.90 Å². The highest BCUT2D eigenvalue weighted by atomic mass is 16.6. The van der Waals surface area contributed by atoms with Crippen LogP contribution in [-0.2, 0) is 14.3 Å². The van der Waals surface area contributed by atoms with Crippen molar-refractivity contribution in [2.45, 2.75) is 123 Å². The Morgan fingerprint density at radius 1 is 0.724 bits per heavy atom. The van der Waals surface area contributed by atoms with Gasteiger partial charge in [-0.25, -0.2) is 9.59 Å². The smallest absolute Gasteiger partial charge is 0.410 e. The van der Waals surface area contributed by atoms with E-state index in [2.05, 4.69) is 13.8 Å². The maximum atomic E-state index is 12.3. The average Bonchev–Trinajstić information content (AvgIpc) is 3.21. The lowest BCUT2D eigenvalue weighted by atomic mass is 10.1. The quantitative estimate of drug-likeness (QED) is 0.199. The molecule has 1 aliphatic heterocycles. The summed E-state index contributed by atoms with van der Waals surface area (Å²) in [4.78, 5) is 26.0. The van der Waals surface area contributed by atoms with Crippen LogP contribution in [0.4, 0.5) is 4.79 Å². The van der Waals surface area contributed by atoms with E-state index in [1.54, 1.807) is 4.90 Å². The molecule has 170 valence electrons. The van der Waals surface area contributed by atoms with Crippen molar-refractivity contribution in [1.29, 1.82) is 0 Å². The summed E-state index contributed by atoms with van der Waals surface area (Å²) < 4.78 is 10.7. The number of hydrogen-bond acceptors (Lipinski definition) is 4. The fourth-order valence-corrected chi connectivity index (χ4v) is 3.83. The van der Waals surface area contributed by atoms with Gasteiger partial charge in [0.1, 0.15) is 6.04 Å². The number of esters is 1. The minimum atomic E-state index is -0.457. The molecule has 0 aromatic rings. The molecule has 5 nitrogen and oxygen atoms in total.